The highest BCUT2D eigenvalue weighted by atomic mass is 16.6. The molecular weight excluding hydrogens is 696 g/mol. The van der Waals surface area contributed by atoms with Crippen LogP contribution in [0.3, 0.4) is 0 Å². The number of amides is 2. The number of allylic oxidation sites excluding steroid dienone is 1. The van der Waals surface area contributed by atoms with Gasteiger partial charge in [-0.15, -0.1) is 0 Å². The third kappa shape index (κ3) is 15.8. The van der Waals surface area contributed by atoms with E-state index < -0.39 is 23.6 Å². The van der Waals surface area contributed by atoms with E-state index in [2.05, 4.69) is 17.5 Å². The molecule has 1 aliphatic carbocycles. The molecule has 2 aliphatic rings. The minimum absolute atomic E-state index is 0.0465. The second-order valence-corrected chi connectivity index (χ2v) is 13.8. The van der Waals surface area contributed by atoms with Crippen molar-refractivity contribution in [3.8, 4) is 5.75 Å². The van der Waals surface area contributed by atoms with Gasteiger partial charge in [-0.1, -0.05) is 54.6 Å². The lowest BCUT2D eigenvalue weighted by Crippen LogP contribution is -2.43. The average Bonchev–Trinajstić information content (AvgIpc) is 3.47. The van der Waals surface area contributed by atoms with E-state index in [9.17, 15) is 19.2 Å². The van der Waals surface area contributed by atoms with Crippen LogP contribution in [-0.4, -0.2) is 113 Å². The van der Waals surface area contributed by atoms with Crippen molar-refractivity contribution in [1.29, 1.82) is 0 Å². The van der Waals surface area contributed by atoms with Crippen LogP contribution in [0.15, 0.2) is 77.9 Å². The standard InChI is InChI=1S/C41H54N2O11/c1-41(2,3)54-38(45)30-52-34-15-13-31(14-16-34)27-36(40(47)53-29-32-9-5-4-6-10-32)42-37(44)17-19-48-21-23-50-25-26-51-24-22-49-20-18-43-28-33-11-7-8-12-35(33)39(43)46/h4-7,9-11,13-16,36H,8,12,17-30H2,1-3H3,(H,42,44). The number of nitrogens with one attached hydrogen (secondary N) is 1. The van der Waals surface area contributed by atoms with Gasteiger partial charge in [0.1, 0.15) is 24.0 Å². The zero-order valence-electron chi connectivity index (χ0n) is 31.7. The highest BCUT2D eigenvalue weighted by molar-refractivity contribution is 5.98. The fraction of sp³-hybridized carbons (Fsp3) is 0.512. The molecule has 0 fully saturated rings. The van der Waals surface area contributed by atoms with Gasteiger partial charge in [-0.25, -0.2) is 9.59 Å². The van der Waals surface area contributed by atoms with Crippen molar-refractivity contribution >= 4 is 23.8 Å². The number of rotatable bonds is 24. The van der Waals surface area contributed by atoms with Crippen molar-refractivity contribution < 1.29 is 52.3 Å². The molecule has 1 N–H and O–H groups in total. The maximum absolute atomic E-state index is 13.1. The molecule has 2 aromatic carbocycles. The Labute approximate surface area is 317 Å². The number of nitrogens with zero attached hydrogens (tertiary/aromatic N) is 1. The largest absolute Gasteiger partial charge is 0.482 e. The van der Waals surface area contributed by atoms with Gasteiger partial charge in [0, 0.05) is 31.5 Å². The first-order chi connectivity index (χ1) is 26.1. The monoisotopic (exact) mass is 750 g/mol. The summed E-state index contributed by atoms with van der Waals surface area (Å²) in [6.07, 6.45) is 6.17. The Hall–Kier alpha value is -4.56. The summed E-state index contributed by atoms with van der Waals surface area (Å²) in [5.41, 5.74) is 3.06. The number of hydrogen-bond donors (Lipinski definition) is 1. The van der Waals surface area contributed by atoms with Crippen molar-refractivity contribution in [2.45, 2.75) is 64.7 Å². The average molecular weight is 751 g/mol. The fourth-order valence-corrected chi connectivity index (χ4v) is 5.62. The Kier molecular flexibility index (Phi) is 17.7. The molecule has 0 saturated heterocycles. The maximum atomic E-state index is 13.1. The Bertz CT molecular complexity index is 1550. The molecule has 2 aromatic rings. The Balaban J connectivity index is 1.06. The minimum Gasteiger partial charge on any atom is -0.482 e. The first-order valence-electron chi connectivity index (χ1n) is 18.5. The molecule has 13 nitrogen and oxygen atoms in total. The molecule has 2 amide bonds. The highest BCUT2D eigenvalue weighted by Crippen LogP contribution is 2.27. The number of esters is 2. The Morgan fingerprint density at radius 3 is 2.11 bits per heavy atom. The van der Waals surface area contributed by atoms with Crippen LogP contribution < -0.4 is 10.1 Å². The molecule has 0 aromatic heterocycles. The van der Waals surface area contributed by atoms with Gasteiger partial charge in [-0.05, 0) is 62.4 Å². The van der Waals surface area contributed by atoms with Gasteiger partial charge in [0.2, 0.25) is 5.91 Å². The summed E-state index contributed by atoms with van der Waals surface area (Å²) >= 11 is 0. The van der Waals surface area contributed by atoms with Crippen molar-refractivity contribution in [3.63, 3.8) is 0 Å². The van der Waals surface area contributed by atoms with Crippen LogP contribution >= 0.6 is 0 Å². The molecule has 1 heterocycles. The van der Waals surface area contributed by atoms with Crippen molar-refractivity contribution in [3.05, 3.63) is 89.0 Å². The molecule has 0 saturated carbocycles. The molecule has 4 rings (SSSR count). The molecule has 54 heavy (non-hydrogen) atoms. The van der Waals surface area contributed by atoms with Gasteiger partial charge in [0.15, 0.2) is 6.61 Å². The molecule has 13 heteroatoms. The number of carbonyl (C=O) groups excluding carboxylic acids is 4. The molecule has 294 valence electrons. The molecule has 0 spiro atoms. The second-order valence-electron chi connectivity index (χ2n) is 13.8. The van der Waals surface area contributed by atoms with E-state index in [0.29, 0.717) is 65.1 Å². The fourth-order valence-electron chi connectivity index (χ4n) is 5.62. The van der Waals surface area contributed by atoms with Gasteiger partial charge in [0.05, 0.1) is 52.9 Å². The van der Waals surface area contributed by atoms with Crippen molar-refractivity contribution in [2.75, 3.05) is 72.6 Å². The SMILES string of the molecule is CC(C)(C)OC(=O)COc1ccc(CC(NC(=O)CCOCCOCCOCCOCCN2CC3=C(CCC=C3)C2=O)C(=O)OCc2ccccc2)cc1. The smallest absolute Gasteiger partial charge is 0.344 e. The predicted molar refractivity (Wildman–Crippen MR) is 200 cm³/mol. The molecular formula is C41H54N2O11. The lowest BCUT2D eigenvalue weighted by molar-refractivity contribution is -0.157. The van der Waals surface area contributed by atoms with E-state index in [1.54, 1.807) is 45.0 Å². The van der Waals surface area contributed by atoms with Crippen LogP contribution in [0.1, 0.15) is 51.2 Å². The van der Waals surface area contributed by atoms with Crippen LogP contribution in [-0.2, 0) is 60.6 Å². The second kappa shape index (κ2) is 22.6. The molecule has 1 atom stereocenters. The van der Waals surface area contributed by atoms with E-state index in [-0.39, 0.29) is 44.5 Å². The highest BCUT2D eigenvalue weighted by Gasteiger charge is 2.29. The van der Waals surface area contributed by atoms with Crippen molar-refractivity contribution in [2.24, 2.45) is 0 Å². The Morgan fingerprint density at radius 2 is 1.46 bits per heavy atom. The summed E-state index contributed by atoms with van der Waals surface area (Å²) in [6.45, 7) is 9.33. The summed E-state index contributed by atoms with van der Waals surface area (Å²) in [6, 6.07) is 15.3. The zero-order valence-corrected chi connectivity index (χ0v) is 31.7. The van der Waals surface area contributed by atoms with Gasteiger partial charge in [-0.3, -0.25) is 9.59 Å². The van der Waals surface area contributed by atoms with Crippen LogP contribution in [0.4, 0.5) is 0 Å². The lowest BCUT2D eigenvalue weighted by atomic mass is 10.0. The van der Waals surface area contributed by atoms with Crippen LogP contribution in [0.5, 0.6) is 5.75 Å². The third-order valence-electron chi connectivity index (χ3n) is 8.25. The van der Waals surface area contributed by atoms with Crippen LogP contribution in [0.25, 0.3) is 0 Å². The summed E-state index contributed by atoms with van der Waals surface area (Å²) < 4.78 is 38.6. The van der Waals surface area contributed by atoms with E-state index in [1.807, 2.05) is 35.2 Å². The van der Waals surface area contributed by atoms with Crippen LogP contribution in [0, 0.1) is 0 Å². The molecule has 0 radical (unpaired) electrons. The minimum atomic E-state index is -0.932. The quantitative estimate of drug-likeness (QED) is 0.122. The van der Waals surface area contributed by atoms with Gasteiger partial charge < -0.3 is 43.4 Å². The molecule has 1 aliphatic heterocycles. The van der Waals surface area contributed by atoms with Gasteiger partial charge in [0.25, 0.3) is 5.91 Å². The summed E-state index contributed by atoms with van der Waals surface area (Å²) in [5, 5.41) is 2.78. The third-order valence-corrected chi connectivity index (χ3v) is 8.25. The Morgan fingerprint density at radius 1 is 0.815 bits per heavy atom. The van der Waals surface area contributed by atoms with E-state index in [1.165, 1.54) is 0 Å². The van der Waals surface area contributed by atoms with Crippen LogP contribution in [0.2, 0.25) is 0 Å². The van der Waals surface area contributed by atoms with Gasteiger partial charge >= 0.3 is 11.9 Å². The van der Waals surface area contributed by atoms with Crippen molar-refractivity contribution in [1.82, 2.24) is 10.2 Å². The lowest BCUT2D eigenvalue weighted by Gasteiger charge is -2.19. The molecule has 1 unspecified atom stereocenters. The number of benzene rings is 2. The predicted octanol–water partition coefficient (Wildman–Crippen LogP) is 4.12. The summed E-state index contributed by atoms with van der Waals surface area (Å²) in [7, 11) is 0. The first-order valence-corrected chi connectivity index (χ1v) is 18.5. The number of ether oxygens (including phenoxy) is 7. The summed E-state index contributed by atoms with van der Waals surface area (Å²) in [4.78, 5) is 52.2. The normalized spacial score (nSPS) is 14.5. The van der Waals surface area contributed by atoms with E-state index >= 15 is 0 Å². The first kappa shape index (κ1) is 42.2. The summed E-state index contributed by atoms with van der Waals surface area (Å²) in [5.74, 6) is -0.801. The van der Waals surface area contributed by atoms with Gasteiger partial charge in [-0.2, -0.15) is 0 Å². The maximum Gasteiger partial charge on any atom is 0.344 e. The topological polar surface area (TPSA) is 148 Å². The zero-order chi connectivity index (χ0) is 38.6. The van der Waals surface area contributed by atoms with E-state index in [0.717, 1.165) is 35.1 Å². The molecule has 0 bridgehead atoms. The number of carbonyl (C=O) groups is 4. The number of hydrogen-bond acceptors (Lipinski definition) is 11. The van der Waals surface area contributed by atoms with E-state index in [4.69, 9.17) is 33.2 Å².